The minimum Gasteiger partial charge on any atom is -0.103 e. The minimum atomic E-state index is 0.624. The van der Waals surface area contributed by atoms with Crippen molar-refractivity contribution in [1.29, 1.82) is 0 Å². The molecule has 0 radical (unpaired) electrons. The molecule has 0 saturated heterocycles. The topological polar surface area (TPSA) is 0 Å². The number of allylic oxidation sites excluding steroid dienone is 3. The molecule has 0 heterocycles. The van der Waals surface area contributed by atoms with Crippen molar-refractivity contribution in [3.63, 3.8) is 0 Å². The Kier molecular flexibility index (Phi) is 3.33. The van der Waals surface area contributed by atoms with Crippen LogP contribution < -0.4 is 0 Å². The molecule has 0 aliphatic heterocycles. The van der Waals surface area contributed by atoms with Gasteiger partial charge in [-0.25, -0.2) is 0 Å². The van der Waals surface area contributed by atoms with Gasteiger partial charge in [-0.2, -0.15) is 0 Å². The molecule has 66 valence electrons. The average Bonchev–Trinajstić information content (AvgIpc) is 2.16. The van der Waals surface area contributed by atoms with E-state index in [1.54, 1.807) is 0 Å². The van der Waals surface area contributed by atoms with Crippen LogP contribution in [0, 0.1) is 17.8 Å². The summed E-state index contributed by atoms with van der Waals surface area (Å²) in [4.78, 5) is 0. The van der Waals surface area contributed by atoms with E-state index in [-0.39, 0.29) is 0 Å². The van der Waals surface area contributed by atoms with Gasteiger partial charge in [-0.15, -0.1) is 19.7 Å². The van der Waals surface area contributed by atoms with Crippen LogP contribution >= 0.6 is 0 Å². The van der Waals surface area contributed by atoms with Crippen LogP contribution in [0.5, 0.6) is 0 Å². The first-order chi connectivity index (χ1) is 5.81. The fraction of sp³-hybridized carbons (Fsp3) is 0.500. The highest BCUT2D eigenvalue weighted by atomic mass is 14.3. The van der Waals surface area contributed by atoms with Crippen molar-refractivity contribution in [3.8, 4) is 0 Å². The molecular weight excluding hydrogens is 144 g/mol. The van der Waals surface area contributed by atoms with Crippen molar-refractivity contribution in [1.82, 2.24) is 0 Å². The number of rotatable bonds is 3. The summed E-state index contributed by atoms with van der Waals surface area (Å²) < 4.78 is 0. The molecular formula is C12H18. The summed E-state index contributed by atoms with van der Waals surface area (Å²) in [5, 5.41) is 0. The Morgan fingerprint density at radius 1 is 0.833 bits per heavy atom. The van der Waals surface area contributed by atoms with Gasteiger partial charge in [0, 0.05) is 0 Å². The molecule has 0 aromatic heterocycles. The summed E-state index contributed by atoms with van der Waals surface area (Å²) in [5.74, 6) is 1.97. The molecule has 0 bridgehead atoms. The molecule has 12 heavy (non-hydrogen) atoms. The van der Waals surface area contributed by atoms with Gasteiger partial charge in [-0.05, 0) is 37.0 Å². The third-order valence-corrected chi connectivity index (χ3v) is 2.93. The second-order valence-electron chi connectivity index (χ2n) is 3.61. The Balaban J connectivity index is 2.58. The van der Waals surface area contributed by atoms with Gasteiger partial charge in [0.1, 0.15) is 0 Å². The molecule has 0 aromatic carbocycles. The van der Waals surface area contributed by atoms with E-state index in [4.69, 9.17) is 0 Å². The smallest absolute Gasteiger partial charge is 0.0168 e. The first-order valence-corrected chi connectivity index (χ1v) is 4.69. The predicted molar refractivity (Wildman–Crippen MR) is 54.9 cm³/mol. The van der Waals surface area contributed by atoms with Crippen molar-refractivity contribution in [2.75, 3.05) is 0 Å². The third kappa shape index (κ3) is 1.88. The van der Waals surface area contributed by atoms with Gasteiger partial charge in [0.05, 0.1) is 0 Å². The highest BCUT2D eigenvalue weighted by Gasteiger charge is 2.24. The highest BCUT2D eigenvalue weighted by Crippen LogP contribution is 2.35. The first-order valence-electron chi connectivity index (χ1n) is 4.69. The molecule has 1 aliphatic rings. The van der Waals surface area contributed by atoms with Crippen molar-refractivity contribution in [2.24, 2.45) is 17.8 Å². The third-order valence-electron chi connectivity index (χ3n) is 2.93. The van der Waals surface area contributed by atoms with Crippen LogP contribution in [0.1, 0.15) is 19.3 Å². The largest absolute Gasteiger partial charge is 0.103 e. The van der Waals surface area contributed by atoms with Crippen LogP contribution in [0.4, 0.5) is 0 Å². The average molecular weight is 162 g/mol. The van der Waals surface area contributed by atoms with E-state index in [9.17, 15) is 0 Å². The highest BCUT2D eigenvalue weighted by molar-refractivity contribution is 4.99. The Morgan fingerprint density at radius 2 is 1.50 bits per heavy atom. The number of hydrogen-bond acceptors (Lipinski definition) is 0. The standard InChI is InChI=1S/C12H18/c1-4-10-7-8-11(5-2)12(6-3)9-10/h4-6,10-12H,1-3,7-9H2/t10-,11+,12-/m0/s1. The van der Waals surface area contributed by atoms with Crippen LogP contribution in [0.3, 0.4) is 0 Å². The first kappa shape index (κ1) is 9.31. The Labute approximate surface area is 75.7 Å². The van der Waals surface area contributed by atoms with E-state index in [0.717, 1.165) is 0 Å². The maximum atomic E-state index is 3.87. The monoisotopic (exact) mass is 162 g/mol. The fourth-order valence-corrected chi connectivity index (χ4v) is 2.04. The Bertz CT molecular complexity index is 178. The van der Waals surface area contributed by atoms with Crippen LogP contribution in [0.25, 0.3) is 0 Å². The fourth-order valence-electron chi connectivity index (χ4n) is 2.04. The van der Waals surface area contributed by atoms with Crippen molar-refractivity contribution in [2.45, 2.75) is 19.3 Å². The second kappa shape index (κ2) is 4.30. The van der Waals surface area contributed by atoms with Gasteiger partial charge in [-0.3, -0.25) is 0 Å². The molecule has 0 unspecified atom stereocenters. The molecule has 0 aromatic rings. The van der Waals surface area contributed by atoms with E-state index < -0.39 is 0 Å². The maximum Gasteiger partial charge on any atom is -0.0168 e. The van der Waals surface area contributed by atoms with Gasteiger partial charge < -0.3 is 0 Å². The molecule has 0 amide bonds. The summed E-state index contributed by atoms with van der Waals surface area (Å²) in [5.41, 5.74) is 0. The molecule has 1 aliphatic carbocycles. The quantitative estimate of drug-likeness (QED) is 0.556. The van der Waals surface area contributed by atoms with Crippen molar-refractivity contribution in [3.05, 3.63) is 38.0 Å². The van der Waals surface area contributed by atoms with E-state index >= 15 is 0 Å². The van der Waals surface area contributed by atoms with Gasteiger partial charge >= 0.3 is 0 Å². The van der Waals surface area contributed by atoms with E-state index in [1.165, 1.54) is 19.3 Å². The van der Waals surface area contributed by atoms with Crippen molar-refractivity contribution >= 4 is 0 Å². The van der Waals surface area contributed by atoms with Gasteiger partial charge in [0.25, 0.3) is 0 Å². The molecule has 0 nitrogen and oxygen atoms in total. The Morgan fingerprint density at radius 3 is 2.00 bits per heavy atom. The molecule has 0 N–H and O–H groups in total. The van der Waals surface area contributed by atoms with Gasteiger partial charge in [-0.1, -0.05) is 18.2 Å². The lowest BCUT2D eigenvalue weighted by Crippen LogP contribution is -2.20. The SMILES string of the molecule is C=C[C@H]1CC[C@@H](C=C)[C@@H](C=C)C1. The van der Waals surface area contributed by atoms with Crippen LogP contribution in [0.15, 0.2) is 38.0 Å². The summed E-state index contributed by atoms with van der Waals surface area (Å²) >= 11 is 0. The van der Waals surface area contributed by atoms with Gasteiger partial charge in [0.2, 0.25) is 0 Å². The van der Waals surface area contributed by atoms with Crippen LogP contribution in [-0.2, 0) is 0 Å². The minimum absolute atomic E-state index is 0.624. The zero-order valence-corrected chi connectivity index (χ0v) is 7.71. The molecule has 1 fully saturated rings. The van der Waals surface area contributed by atoms with E-state index in [0.29, 0.717) is 17.8 Å². The lowest BCUT2D eigenvalue weighted by atomic mass is 9.74. The Hall–Kier alpha value is -0.780. The van der Waals surface area contributed by atoms with E-state index in [1.807, 2.05) is 0 Å². The van der Waals surface area contributed by atoms with Crippen LogP contribution in [-0.4, -0.2) is 0 Å². The summed E-state index contributed by atoms with van der Waals surface area (Å²) in [6.07, 6.45) is 9.95. The maximum absolute atomic E-state index is 3.87. The van der Waals surface area contributed by atoms with Crippen molar-refractivity contribution < 1.29 is 0 Å². The lowest BCUT2D eigenvalue weighted by Gasteiger charge is -2.31. The zero-order chi connectivity index (χ0) is 8.97. The molecule has 1 saturated carbocycles. The van der Waals surface area contributed by atoms with Gasteiger partial charge in [0.15, 0.2) is 0 Å². The molecule has 0 heteroatoms. The summed E-state index contributed by atoms with van der Waals surface area (Å²) in [6, 6.07) is 0. The zero-order valence-electron chi connectivity index (χ0n) is 7.71. The molecule has 0 spiro atoms. The van der Waals surface area contributed by atoms with E-state index in [2.05, 4.69) is 38.0 Å². The normalized spacial score (nSPS) is 35.5. The number of hydrogen-bond donors (Lipinski definition) is 0. The summed E-state index contributed by atoms with van der Waals surface area (Å²) in [7, 11) is 0. The van der Waals surface area contributed by atoms with Crippen LogP contribution in [0.2, 0.25) is 0 Å². The predicted octanol–water partition coefficient (Wildman–Crippen LogP) is 3.58. The molecule has 3 atom stereocenters. The summed E-state index contributed by atoms with van der Waals surface area (Å²) in [6.45, 7) is 11.6. The second-order valence-corrected chi connectivity index (χ2v) is 3.61. The lowest BCUT2D eigenvalue weighted by molar-refractivity contribution is 0.288. The molecule has 1 rings (SSSR count).